The number of hydrogen-bond acceptors (Lipinski definition) is 5. The number of sulfonamides is 1. The normalized spacial score (nSPS) is 20.9. The van der Waals surface area contributed by atoms with E-state index in [-0.39, 0.29) is 31.0 Å². The molecule has 1 fully saturated rings. The fraction of sp³-hybridized carbons (Fsp3) is 1.00. The van der Waals surface area contributed by atoms with Gasteiger partial charge in [0.25, 0.3) is 0 Å². The molecule has 1 rings (SSSR count). The van der Waals surface area contributed by atoms with E-state index in [1.807, 2.05) is 0 Å². The van der Waals surface area contributed by atoms with Crippen molar-refractivity contribution >= 4 is 19.9 Å². The fourth-order valence-electron chi connectivity index (χ4n) is 1.92. The van der Waals surface area contributed by atoms with Crippen molar-refractivity contribution < 1.29 is 21.9 Å². The van der Waals surface area contributed by atoms with Crippen molar-refractivity contribution in [2.75, 3.05) is 24.7 Å². The minimum absolute atomic E-state index is 0.0386. The van der Waals surface area contributed by atoms with Gasteiger partial charge in [0.2, 0.25) is 10.0 Å². The van der Waals surface area contributed by atoms with Gasteiger partial charge < -0.3 is 5.11 Å². The van der Waals surface area contributed by atoms with Gasteiger partial charge in [0, 0.05) is 13.2 Å². The lowest BCUT2D eigenvalue weighted by molar-refractivity contribution is 0.283. The highest BCUT2D eigenvalue weighted by Gasteiger charge is 2.32. The Balaban J connectivity index is 2.36. The SMILES string of the molecule is O=S1(=O)CCC(S(=O)(=O)NCCCCCO)CC1. The lowest BCUT2D eigenvalue weighted by atomic mass is 10.2. The molecule has 1 aliphatic rings. The standard InChI is InChI=1S/C10H21NO5S2/c12-7-3-1-2-6-11-18(15,16)10-4-8-17(13,14)9-5-10/h10-12H,1-9H2. The summed E-state index contributed by atoms with van der Waals surface area (Å²) in [5.41, 5.74) is 0. The van der Waals surface area contributed by atoms with Crippen molar-refractivity contribution in [2.24, 2.45) is 0 Å². The quantitative estimate of drug-likeness (QED) is 0.626. The zero-order valence-corrected chi connectivity index (χ0v) is 12.0. The van der Waals surface area contributed by atoms with E-state index in [0.717, 1.165) is 6.42 Å². The molecule has 1 aliphatic heterocycles. The molecule has 6 nitrogen and oxygen atoms in total. The van der Waals surface area contributed by atoms with Crippen LogP contribution in [0.2, 0.25) is 0 Å². The molecule has 2 N–H and O–H groups in total. The largest absolute Gasteiger partial charge is 0.396 e. The van der Waals surface area contributed by atoms with E-state index >= 15 is 0 Å². The molecule has 0 aliphatic carbocycles. The monoisotopic (exact) mass is 299 g/mol. The maximum absolute atomic E-state index is 11.9. The van der Waals surface area contributed by atoms with Gasteiger partial charge in [-0.2, -0.15) is 0 Å². The summed E-state index contributed by atoms with van der Waals surface area (Å²) in [5, 5.41) is 8.00. The molecular weight excluding hydrogens is 278 g/mol. The second-order valence-corrected chi connectivity index (χ2v) is 8.92. The Morgan fingerprint density at radius 2 is 1.72 bits per heavy atom. The van der Waals surface area contributed by atoms with Gasteiger partial charge in [0.05, 0.1) is 16.8 Å². The van der Waals surface area contributed by atoms with Crippen molar-refractivity contribution in [3.05, 3.63) is 0 Å². The number of unbranched alkanes of at least 4 members (excludes halogenated alkanes) is 2. The van der Waals surface area contributed by atoms with E-state index in [2.05, 4.69) is 4.72 Å². The number of hydrogen-bond donors (Lipinski definition) is 2. The smallest absolute Gasteiger partial charge is 0.214 e. The molecule has 1 saturated heterocycles. The van der Waals surface area contributed by atoms with E-state index < -0.39 is 25.1 Å². The fourth-order valence-corrected chi connectivity index (χ4v) is 5.24. The lowest BCUT2D eigenvalue weighted by Crippen LogP contribution is -2.40. The Hall–Kier alpha value is -0.180. The van der Waals surface area contributed by atoms with E-state index in [1.165, 1.54) is 0 Å². The summed E-state index contributed by atoms with van der Waals surface area (Å²) < 4.78 is 48.7. The molecule has 18 heavy (non-hydrogen) atoms. The van der Waals surface area contributed by atoms with Crippen molar-refractivity contribution in [3.63, 3.8) is 0 Å². The number of aliphatic hydroxyl groups is 1. The van der Waals surface area contributed by atoms with Crippen LogP contribution in [0.5, 0.6) is 0 Å². The minimum Gasteiger partial charge on any atom is -0.396 e. The summed E-state index contributed by atoms with van der Waals surface area (Å²) in [6.07, 6.45) is 2.51. The van der Waals surface area contributed by atoms with Crippen molar-refractivity contribution in [1.29, 1.82) is 0 Å². The van der Waals surface area contributed by atoms with Gasteiger partial charge in [-0.1, -0.05) is 0 Å². The van der Waals surface area contributed by atoms with Crippen LogP contribution < -0.4 is 4.72 Å². The van der Waals surface area contributed by atoms with Gasteiger partial charge in [0.1, 0.15) is 9.84 Å². The Morgan fingerprint density at radius 1 is 1.11 bits per heavy atom. The molecule has 1 heterocycles. The molecule has 0 aromatic heterocycles. The molecular formula is C10H21NO5S2. The number of rotatable bonds is 7. The van der Waals surface area contributed by atoms with Crippen LogP contribution in [0.3, 0.4) is 0 Å². The molecule has 108 valence electrons. The van der Waals surface area contributed by atoms with Gasteiger partial charge >= 0.3 is 0 Å². The molecule has 0 bridgehead atoms. The number of sulfone groups is 1. The molecule has 0 saturated carbocycles. The summed E-state index contributed by atoms with van der Waals surface area (Å²) in [4.78, 5) is 0. The van der Waals surface area contributed by atoms with E-state index in [1.54, 1.807) is 0 Å². The first-order valence-electron chi connectivity index (χ1n) is 6.17. The van der Waals surface area contributed by atoms with Crippen molar-refractivity contribution in [3.8, 4) is 0 Å². The summed E-state index contributed by atoms with van der Waals surface area (Å²) in [6.45, 7) is 0.471. The first kappa shape index (κ1) is 15.9. The second kappa shape index (κ2) is 6.83. The summed E-state index contributed by atoms with van der Waals surface area (Å²) >= 11 is 0. The second-order valence-electron chi connectivity index (χ2n) is 4.57. The van der Waals surface area contributed by atoms with Gasteiger partial charge in [0.15, 0.2) is 0 Å². The van der Waals surface area contributed by atoms with E-state index in [9.17, 15) is 16.8 Å². The Morgan fingerprint density at radius 3 is 2.28 bits per heavy atom. The van der Waals surface area contributed by atoms with Crippen LogP contribution in [0.25, 0.3) is 0 Å². The summed E-state index contributed by atoms with van der Waals surface area (Å²) in [6, 6.07) is 0. The Labute approximate surface area is 109 Å². The zero-order chi connectivity index (χ0) is 13.6. The topological polar surface area (TPSA) is 101 Å². The van der Waals surface area contributed by atoms with Crippen molar-refractivity contribution in [2.45, 2.75) is 37.4 Å². The van der Waals surface area contributed by atoms with Crippen LogP contribution in [-0.4, -0.2) is 51.8 Å². The first-order chi connectivity index (χ1) is 8.37. The third kappa shape index (κ3) is 5.21. The van der Waals surface area contributed by atoms with Gasteiger partial charge in [-0.3, -0.25) is 0 Å². The van der Waals surface area contributed by atoms with Crippen LogP contribution in [0.1, 0.15) is 32.1 Å². The maximum atomic E-state index is 11.9. The maximum Gasteiger partial charge on any atom is 0.214 e. The van der Waals surface area contributed by atoms with Gasteiger partial charge in [-0.05, 0) is 32.1 Å². The average molecular weight is 299 g/mol. The highest BCUT2D eigenvalue weighted by molar-refractivity contribution is 7.92. The van der Waals surface area contributed by atoms with Crippen LogP contribution in [0.15, 0.2) is 0 Å². The highest BCUT2D eigenvalue weighted by atomic mass is 32.2. The van der Waals surface area contributed by atoms with Gasteiger partial charge in [-0.25, -0.2) is 21.6 Å². The van der Waals surface area contributed by atoms with Crippen LogP contribution in [0.4, 0.5) is 0 Å². The number of nitrogens with one attached hydrogen (secondary N) is 1. The highest BCUT2D eigenvalue weighted by Crippen LogP contribution is 2.18. The molecule has 0 unspecified atom stereocenters. The Kier molecular flexibility index (Phi) is 6.03. The third-order valence-corrected chi connectivity index (χ3v) is 6.75. The molecule has 0 radical (unpaired) electrons. The molecule has 0 atom stereocenters. The third-order valence-electron chi connectivity index (χ3n) is 3.08. The van der Waals surface area contributed by atoms with Gasteiger partial charge in [-0.15, -0.1) is 0 Å². The van der Waals surface area contributed by atoms with Crippen molar-refractivity contribution in [1.82, 2.24) is 4.72 Å². The van der Waals surface area contributed by atoms with Crippen LogP contribution in [-0.2, 0) is 19.9 Å². The summed E-state index contributed by atoms with van der Waals surface area (Å²) in [7, 11) is -6.43. The van der Waals surface area contributed by atoms with Crippen LogP contribution in [0, 0.1) is 0 Å². The number of aliphatic hydroxyl groups excluding tert-OH is 1. The molecule has 0 aromatic rings. The zero-order valence-electron chi connectivity index (χ0n) is 10.3. The average Bonchev–Trinajstić information content (AvgIpc) is 2.28. The molecule has 0 spiro atoms. The Bertz CT molecular complexity index is 429. The minimum atomic E-state index is -3.40. The molecule has 0 amide bonds. The predicted octanol–water partition coefficient (Wildman–Crippen LogP) is -0.354. The molecule has 0 aromatic carbocycles. The first-order valence-corrected chi connectivity index (χ1v) is 9.54. The molecule has 8 heteroatoms. The van der Waals surface area contributed by atoms with E-state index in [4.69, 9.17) is 5.11 Å². The van der Waals surface area contributed by atoms with E-state index in [0.29, 0.717) is 19.4 Å². The summed E-state index contributed by atoms with van der Waals surface area (Å²) in [5.74, 6) is -0.0772. The predicted molar refractivity (Wildman–Crippen MR) is 69.5 cm³/mol. The lowest BCUT2D eigenvalue weighted by Gasteiger charge is -2.22. The van der Waals surface area contributed by atoms with Crippen LogP contribution >= 0.6 is 0 Å².